The number of ether oxygens (including phenoxy) is 1. The van der Waals surface area contributed by atoms with Gasteiger partial charge in [0.25, 0.3) is 0 Å². The second-order valence-electron chi connectivity index (χ2n) is 12.1. The number of fused-ring (bicyclic) bond motifs is 3. The van der Waals surface area contributed by atoms with Crippen molar-refractivity contribution in [1.29, 1.82) is 0 Å². The first-order valence-electron chi connectivity index (χ1n) is 15.6. The largest absolute Gasteiger partial charge is 0.377 e. The SMILES string of the molecule is CCN1CCc2c(nc(-c3ccc(NC(=O)Nc4ccc(CN5CCCC5)cc4)cc3)nc2N2C3CCC2COC3)C1. The van der Waals surface area contributed by atoms with E-state index in [9.17, 15) is 4.79 Å². The second kappa shape index (κ2) is 12.0. The average molecular weight is 568 g/mol. The maximum absolute atomic E-state index is 12.7. The number of carbonyl (C=O) groups is 1. The molecule has 220 valence electrons. The summed E-state index contributed by atoms with van der Waals surface area (Å²) >= 11 is 0. The fourth-order valence-corrected chi connectivity index (χ4v) is 6.94. The average Bonchev–Trinajstić information content (AvgIpc) is 3.61. The standard InChI is InChI=1S/C33H41N7O2/c1-2-38-18-15-29-30(20-38)36-31(37-32(29)40-27-13-14-28(40)22-42-21-27)24-7-11-26(12-8-24)35-33(41)34-25-9-5-23(6-10-25)19-39-16-3-4-17-39/h5-12,27-28H,2-4,13-22H2,1H3,(H2,34,35,41). The molecule has 0 spiro atoms. The molecule has 4 aliphatic rings. The first kappa shape index (κ1) is 27.3. The van der Waals surface area contributed by atoms with Gasteiger partial charge in [0.15, 0.2) is 5.82 Å². The molecule has 1 aromatic heterocycles. The van der Waals surface area contributed by atoms with Gasteiger partial charge in [-0.15, -0.1) is 0 Å². The van der Waals surface area contributed by atoms with Crippen LogP contribution in [-0.2, 0) is 24.2 Å². The molecule has 2 aromatic carbocycles. The molecule has 4 aliphatic heterocycles. The third-order valence-corrected chi connectivity index (χ3v) is 9.27. The zero-order valence-corrected chi connectivity index (χ0v) is 24.5. The van der Waals surface area contributed by atoms with Gasteiger partial charge in [-0.25, -0.2) is 14.8 Å². The van der Waals surface area contributed by atoms with E-state index in [1.807, 2.05) is 36.4 Å². The van der Waals surface area contributed by atoms with E-state index in [0.29, 0.717) is 12.1 Å². The maximum Gasteiger partial charge on any atom is 0.323 e. The van der Waals surface area contributed by atoms with Crippen molar-refractivity contribution < 1.29 is 9.53 Å². The van der Waals surface area contributed by atoms with Crippen molar-refractivity contribution in [2.45, 2.75) is 64.2 Å². The molecule has 0 aliphatic carbocycles. The Morgan fingerprint density at radius 2 is 1.55 bits per heavy atom. The Kier molecular flexibility index (Phi) is 7.80. The number of nitrogens with zero attached hydrogens (tertiary/aromatic N) is 5. The zero-order chi connectivity index (χ0) is 28.5. The first-order chi connectivity index (χ1) is 20.6. The number of carbonyl (C=O) groups excluding carboxylic acids is 1. The van der Waals surface area contributed by atoms with Gasteiger partial charge in [0.2, 0.25) is 0 Å². The van der Waals surface area contributed by atoms with Crippen molar-refractivity contribution in [1.82, 2.24) is 19.8 Å². The van der Waals surface area contributed by atoms with E-state index in [1.54, 1.807) is 0 Å². The topological polar surface area (TPSA) is 85.9 Å². The van der Waals surface area contributed by atoms with E-state index in [1.165, 1.54) is 37.1 Å². The van der Waals surface area contributed by atoms with Crippen LogP contribution in [0.4, 0.5) is 22.0 Å². The molecule has 3 aromatic rings. The lowest BCUT2D eigenvalue weighted by Gasteiger charge is -2.38. The lowest BCUT2D eigenvalue weighted by molar-refractivity contribution is 0.0900. The molecule has 0 saturated carbocycles. The van der Waals surface area contributed by atoms with E-state index in [2.05, 4.69) is 44.4 Å². The summed E-state index contributed by atoms with van der Waals surface area (Å²) in [5, 5.41) is 5.91. The summed E-state index contributed by atoms with van der Waals surface area (Å²) in [6.07, 6.45) is 5.87. The number of likely N-dealkylation sites (N-methyl/N-ethyl adjacent to an activating group) is 1. The lowest BCUT2D eigenvalue weighted by atomic mass is 10.0. The number of morpholine rings is 1. The molecule has 42 heavy (non-hydrogen) atoms. The number of hydrogen-bond donors (Lipinski definition) is 2. The van der Waals surface area contributed by atoms with Crippen molar-refractivity contribution in [3.8, 4) is 11.4 Å². The lowest BCUT2D eigenvalue weighted by Crippen LogP contribution is -2.47. The number of likely N-dealkylation sites (tertiary alicyclic amines) is 1. The fourth-order valence-electron chi connectivity index (χ4n) is 6.94. The quantitative estimate of drug-likeness (QED) is 0.410. The number of amides is 2. The molecule has 0 radical (unpaired) electrons. The molecule has 2 unspecified atom stereocenters. The van der Waals surface area contributed by atoms with Gasteiger partial charge in [0.05, 0.1) is 31.0 Å². The van der Waals surface area contributed by atoms with Gasteiger partial charge < -0.3 is 20.3 Å². The highest BCUT2D eigenvalue weighted by Gasteiger charge is 2.40. The van der Waals surface area contributed by atoms with Gasteiger partial charge in [-0.05, 0) is 93.7 Å². The molecule has 5 heterocycles. The van der Waals surface area contributed by atoms with E-state index in [4.69, 9.17) is 14.7 Å². The van der Waals surface area contributed by atoms with Crippen LogP contribution in [0.5, 0.6) is 0 Å². The van der Waals surface area contributed by atoms with Crippen LogP contribution in [-0.4, -0.2) is 77.3 Å². The number of urea groups is 1. The number of hydrogen-bond acceptors (Lipinski definition) is 7. The summed E-state index contributed by atoms with van der Waals surface area (Å²) < 4.78 is 5.88. The van der Waals surface area contributed by atoms with Crippen LogP contribution in [0.1, 0.15) is 49.4 Å². The number of nitrogens with one attached hydrogen (secondary N) is 2. The van der Waals surface area contributed by atoms with Crippen molar-refractivity contribution in [2.24, 2.45) is 0 Å². The predicted molar refractivity (Wildman–Crippen MR) is 166 cm³/mol. The molecule has 9 nitrogen and oxygen atoms in total. The number of rotatable bonds is 7. The van der Waals surface area contributed by atoms with Crippen LogP contribution in [0.3, 0.4) is 0 Å². The summed E-state index contributed by atoms with van der Waals surface area (Å²) in [4.78, 5) is 30.5. The smallest absolute Gasteiger partial charge is 0.323 e. The van der Waals surface area contributed by atoms with Crippen LogP contribution in [0.2, 0.25) is 0 Å². The molecule has 2 amide bonds. The third-order valence-electron chi connectivity index (χ3n) is 9.27. The Morgan fingerprint density at radius 3 is 2.21 bits per heavy atom. The zero-order valence-electron chi connectivity index (χ0n) is 24.5. The van der Waals surface area contributed by atoms with Gasteiger partial charge in [0.1, 0.15) is 5.82 Å². The van der Waals surface area contributed by atoms with Crippen molar-refractivity contribution in [3.63, 3.8) is 0 Å². The van der Waals surface area contributed by atoms with Gasteiger partial charge >= 0.3 is 6.03 Å². The Labute approximate surface area is 248 Å². The summed E-state index contributed by atoms with van der Waals surface area (Å²) in [7, 11) is 0. The Balaban J connectivity index is 1.05. The second-order valence-corrected chi connectivity index (χ2v) is 12.1. The van der Waals surface area contributed by atoms with Crippen LogP contribution >= 0.6 is 0 Å². The molecule has 9 heteroatoms. The monoisotopic (exact) mass is 567 g/mol. The molecule has 7 rings (SSSR count). The highest BCUT2D eigenvalue weighted by Crippen LogP contribution is 2.38. The van der Waals surface area contributed by atoms with Crippen molar-refractivity contribution in [3.05, 3.63) is 65.4 Å². The Bertz CT molecular complexity index is 1390. The molecular formula is C33H41N7O2. The van der Waals surface area contributed by atoms with E-state index in [-0.39, 0.29) is 6.03 Å². The summed E-state index contributed by atoms with van der Waals surface area (Å²) in [6, 6.07) is 16.5. The van der Waals surface area contributed by atoms with E-state index in [0.717, 1.165) is 92.9 Å². The Hall–Kier alpha value is -3.53. The first-order valence-corrected chi connectivity index (χ1v) is 15.6. The van der Waals surface area contributed by atoms with Crippen molar-refractivity contribution >= 4 is 23.2 Å². The van der Waals surface area contributed by atoms with E-state index >= 15 is 0 Å². The Morgan fingerprint density at radius 1 is 0.881 bits per heavy atom. The van der Waals surface area contributed by atoms with Gasteiger partial charge in [-0.2, -0.15) is 0 Å². The third kappa shape index (κ3) is 5.73. The summed E-state index contributed by atoms with van der Waals surface area (Å²) in [5.74, 6) is 1.85. The normalized spacial score (nSPS) is 22.3. The minimum absolute atomic E-state index is 0.259. The fraction of sp³-hybridized carbons (Fsp3) is 0.485. The van der Waals surface area contributed by atoms with Gasteiger partial charge in [-0.3, -0.25) is 9.80 Å². The van der Waals surface area contributed by atoms with Crippen LogP contribution in [0.25, 0.3) is 11.4 Å². The molecule has 2 atom stereocenters. The summed E-state index contributed by atoms with van der Waals surface area (Å²) in [6.45, 7) is 9.99. The van der Waals surface area contributed by atoms with Crippen LogP contribution < -0.4 is 15.5 Å². The summed E-state index contributed by atoms with van der Waals surface area (Å²) in [5.41, 5.74) is 6.18. The highest BCUT2D eigenvalue weighted by molar-refractivity contribution is 5.99. The van der Waals surface area contributed by atoms with Crippen LogP contribution in [0, 0.1) is 0 Å². The van der Waals surface area contributed by atoms with Gasteiger partial charge in [0, 0.05) is 42.1 Å². The van der Waals surface area contributed by atoms with Gasteiger partial charge in [-0.1, -0.05) is 19.1 Å². The molecular weight excluding hydrogens is 526 g/mol. The van der Waals surface area contributed by atoms with Crippen LogP contribution in [0.15, 0.2) is 48.5 Å². The van der Waals surface area contributed by atoms with E-state index < -0.39 is 0 Å². The maximum atomic E-state index is 12.7. The molecule has 3 fully saturated rings. The number of aromatic nitrogens is 2. The minimum Gasteiger partial charge on any atom is -0.377 e. The van der Waals surface area contributed by atoms with Crippen molar-refractivity contribution in [2.75, 3.05) is 54.9 Å². The molecule has 2 N–H and O–H groups in total. The predicted octanol–water partition coefficient (Wildman–Crippen LogP) is 5.13. The number of anilines is 3. The number of benzene rings is 2. The molecule has 2 bridgehead atoms. The minimum atomic E-state index is -0.259. The highest BCUT2D eigenvalue weighted by atomic mass is 16.5. The molecule has 3 saturated heterocycles.